The quantitative estimate of drug-likeness (QED) is 0.697. The molecule has 0 aliphatic heterocycles. The van der Waals surface area contributed by atoms with Crippen LogP contribution in [0.1, 0.15) is 17.8 Å². The van der Waals surface area contributed by atoms with E-state index in [1.165, 1.54) is 5.56 Å². The van der Waals surface area contributed by atoms with Gasteiger partial charge in [-0.15, -0.1) is 10.2 Å². The highest BCUT2D eigenvalue weighted by Crippen LogP contribution is 2.03. The molecule has 4 heteroatoms. The van der Waals surface area contributed by atoms with E-state index in [-0.39, 0.29) is 0 Å². The molecule has 2 heterocycles. The van der Waals surface area contributed by atoms with Crippen LogP contribution in [0, 0.1) is 0 Å². The number of fused-ring (bicyclic) bond motifs is 1. The number of hydrogen-bond acceptors (Lipinski definition) is 3. The Hall–Kier alpha value is -2.20. The average molecular weight is 266 g/mol. The van der Waals surface area contributed by atoms with Crippen LogP contribution in [0.2, 0.25) is 0 Å². The van der Waals surface area contributed by atoms with Gasteiger partial charge in [0.15, 0.2) is 11.5 Å². The normalized spacial score (nSPS) is 11.0. The van der Waals surface area contributed by atoms with E-state index in [9.17, 15) is 0 Å². The highest BCUT2D eigenvalue weighted by molar-refractivity contribution is 5.36. The molecule has 4 nitrogen and oxygen atoms in total. The Morgan fingerprint density at radius 1 is 0.950 bits per heavy atom. The summed E-state index contributed by atoms with van der Waals surface area (Å²) in [7, 11) is 0. The number of nitrogens with zero attached hydrogens (tertiary/aromatic N) is 3. The maximum atomic E-state index is 4.20. The number of pyridine rings is 1. The molecule has 3 aromatic rings. The molecule has 20 heavy (non-hydrogen) atoms. The molecule has 0 saturated heterocycles. The molecule has 0 radical (unpaired) electrons. The van der Waals surface area contributed by atoms with Crippen LogP contribution in [-0.2, 0) is 13.0 Å². The van der Waals surface area contributed by atoms with Crippen molar-refractivity contribution in [1.29, 1.82) is 0 Å². The Bertz CT molecular complexity index is 660. The lowest BCUT2D eigenvalue weighted by molar-refractivity contribution is 0.625. The Morgan fingerprint density at radius 2 is 1.80 bits per heavy atom. The van der Waals surface area contributed by atoms with E-state index in [1.807, 2.05) is 28.8 Å². The van der Waals surface area contributed by atoms with E-state index < -0.39 is 0 Å². The maximum Gasteiger partial charge on any atom is 0.160 e. The minimum atomic E-state index is 0.750. The first kappa shape index (κ1) is 12.8. The van der Waals surface area contributed by atoms with Crippen LogP contribution in [-0.4, -0.2) is 21.1 Å². The molecule has 0 bridgehead atoms. The van der Waals surface area contributed by atoms with Gasteiger partial charge in [-0.2, -0.15) is 0 Å². The van der Waals surface area contributed by atoms with Crippen LogP contribution in [0.3, 0.4) is 0 Å². The molecule has 0 aliphatic carbocycles. The van der Waals surface area contributed by atoms with E-state index in [2.05, 4.69) is 45.8 Å². The third-order valence-corrected chi connectivity index (χ3v) is 3.33. The van der Waals surface area contributed by atoms with E-state index >= 15 is 0 Å². The first-order valence-electron chi connectivity index (χ1n) is 6.97. The number of nitrogens with one attached hydrogen (secondary N) is 1. The summed E-state index contributed by atoms with van der Waals surface area (Å²) >= 11 is 0. The zero-order valence-corrected chi connectivity index (χ0v) is 11.4. The third-order valence-electron chi connectivity index (χ3n) is 3.33. The van der Waals surface area contributed by atoms with E-state index in [0.717, 1.165) is 37.4 Å². The van der Waals surface area contributed by atoms with E-state index in [1.54, 1.807) is 0 Å². The Labute approximate surface area is 118 Å². The summed E-state index contributed by atoms with van der Waals surface area (Å²) in [5.74, 6) is 0.959. The summed E-state index contributed by atoms with van der Waals surface area (Å²) in [6, 6.07) is 16.5. The van der Waals surface area contributed by atoms with Crippen molar-refractivity contribution in [2.75, 3.05) is 6.54 Å². The highest BCUT2D eigenvalue weighted by Gasteiger charge is 2.03. The van der Waals surface area contributed by atoms with Gasteiger partial charge in [0.05, 0.1) is 6.54 Å². The van der Waals surface area contributed by atoms with E-state index in [0.29, 0.717) is 0 Å². The molecule has 2 aromatic heterocycles. The van der Waals surface area contributed by atoms with Crippen molar-refractivity contribution in [3.8, 4) is 0 Å². The van der Waals surface area contributed by atoms with Crippen LogP contribution in [0.4, 0.5) is 0 Å². The van der Waals surface area contributed by atoms with Crippen molar-refractivity contribution in [1.82, 2.24) is 19.9 Å². The minimum Gasteiger partial charge on any atom is -0.310 e. The zero-order chi connectivity index (χ0) is 13.6. The minimum absolute atomic E-state index is 0.750. The summed E-state index contributed by atoms with van der Waals surface area (Å²) in [5, 5.41) is 11.8. The Balaban J connectivity index is 1.46. The van der Waals surface area contributed by atoms with Crippen LogP contribution in [0.5, 0.6) is 0 Å². The summed E-state index contributed by atoms with van der Waals surface area (Å²) in [6.45, 7) is 1.73. The molecule has 0 saturated carbocycles. The van der Waals surface area contributed by atoms with Gasteiger partial charge in [0.1, 0.15) is 0 Å². The van der Waals surface area contributed by atoms with Crippen molar-refractivity contribution < 1.29 is 0 Å². The van der Waals surface area contributed by atoms with Gasteiger partial charge in [-0.3, -0.25) is 4.40 Å². The molecule has 1 N–H and O–H groups in total. The van der Waals surface area contributed by atoms with Crippen LogP contribution < -0.4 is 5.32 Å². The van der Waals surface area contributed by atoms with Crippen LogP contribution in [0.25, 0.3) is 5.65 Å². The van der Waals surface area contributed by atoms with Gasteiger partial charge in [0.25, 0.3) is 0 Å². The van der Waals surface area contributed by atoms with Gasteiger partial charge in [0.2, 0.25) is 0 Å². The van der Waals surface area contributed by atoms with Crippen molar-refractivity contribution >= 4 is 5.65 Å². The molecular weight excluding hydrogens is 248 g/mol. The molecule has 0 unspecified atom stereocenters. The first-order valence-corrected chi connectivity index (χ1v) is 6.97. The third kappa shape index (κ3) is 3.03. The molecule has 0 amide bonds. The molecular formula is C16H18N4. The fourth-order valence-corrected chi connectivity index (χ4v) is 2.27. The SMILES string of the molecule is c1ccc(CCCNCc2nnc3ccccn23)cc1. The van der Waals surface area contributed by atoms with Crippen LogP contribution in [0.15, 0.2) is 54.7 Å². The number of aryl methyl sites for hydroxylation is 1. The smallest absolute Gasteiger partial charge is 0.160 e. The van der Waals surface area contributed by atoms with E-state index in [4.69, 9.17) is 0 Å². The predicted molar refractivity (Wildman–Crippen MR) is 79.5 cm³/mol. The van der Waals surface area contributed by atoms with Crippen molar-refractivity contribution in [2.24, 2.45) is 0 Å². The second-order valence-corrected chi connectivity index (χ2v) is 4.81. The molecule has 102 valence electrons. The lowest BCUT2D eigenvalue weighted by atomic mass is 10.1. The number of hydrogen-bond donors (Lipinski definition) is 1. The predicted octanol–water partition coefficient (Wildman–Crippen LogP) is 2.45. The second kappa shape index (κ2) is 6.30. The number of aromatic nitrogens is 3. The largest absolute Gasteiger partial charge is 0.310 e. The highest BCUT2D eigenvalue weighted by atomic mass is 15.3. The van der Waals surface area contributed by atoms with Crippen molar-refractivity contribution in [3.05, 3.63) is 66.1 Å². The van der Waals surface area contributed by atoms with Gasteiger partial charge in [-0.05, 0) is 37.1 Å². The van der Waals surface area contributed by atoms with Crippen LogP contribution >= 0.6 is 0 Å². The van der Waals surface area contributed by atoms with Gasteiger partial charge in [-0.25, -0.2) is 0 Å². The molecule has 0 aliphatic rings. The van der Waals surface area contributed by atoms with Gasteiger partial charge in [-0.1, -0.05) is 36.4 Å². The first-order chi connectivity index (χ1) is 9.93. The summed E-state index contributed by atoms with van der Waals surface area (Å²) in [6.07, 6.45) is 4.23. The van der Waals surface area contributed by atoms with Gasteiger partial charge < -0.3 is 5.32 Å². The maximum absolute atomic E-state index is 4.20. The van der Waals surface area contributed by atoms with Crippen molar-refractivity contribution in [2.45, 2.75) is 19.4 Å². The van der Waals surface area contributed by atoms with Gasteiger partial charge >= 0.3 is 0 Å². The standard InChI is InChI=1S/C16H18N4/c1-2-7-14(8-3-1)9-6-11-17-13-16-19-18-15-10-4-5-12-20(15)16/h1-5,7-8,10,12,17H,6,9,11,13H2. The lowest BCUT2D eigenvalue weighted by Gasteiger charge is -2.04. The number of rotatable bonds is 6. The molecule has 0 spiro atoms. The molecule has 3 rings (SSSR count). The molecule has 1 aromatic carbocycles. The summed E-state index contributed by atoms with van der Waals surface area (Å²) in [5.41, 5.74) is 2.29. The second-order valence-electron chi connectivity index (χ2n) is 4.81. The Morgan fingerprint density at radius 3 is 2.70 bits per heavy atom. The van der Waals surface area contributed by atoms with Gasteiger partial charge in [0, 0.05) is 6.20 Å². The Kier molecular flexibility index (Phi) is 4.04. The lowest BCUT2D eigenvalue weighted by Crippen LogP contribution is -2.17. The fourth-order valence-electron chi connectivity index (χ4n) is 2.27. The monoisotopic (exact) mass is 266 g/mol. The topological polar surface area (TPSA) is 42.2 Å². The molecule has 0 atom stereocenters. The average Bonchev–Trinajstić information content (AvgIpc) is 2.91. The number of benzene rings is 1. The van der Waals surface area contributed by atoms with Crippen molar-refractivity contribution in [3.63, 3.8) is 0 Å². The summed E-state index contributed by atoms with van der Waals surface area (Å²) in [4.78, 5) is 0. The fraction of sp³-hybridized carbons (Fsp3) is 0.250. The summed E-state index contributed by atoms with van der Waals surface area (Å²) < 4.78 is 2.02. The molecule has 0 fully saturated rings. The zero-order valence-electron chi connectivity index (χ0n) is 11.4.